The fraction of sp³-hybridized carbons (Fsp3) is 0.312. The van der Waals surface area contributed by atoms with E-state index in [0.717, 1.165) is 18.5 Å². The molecule has 3 rings (SSSR count). The van der Waals surface area contributed by atoms with E-state index < -0.39 is 0 Å². The maximum Gasteiger partial charge on any atom is 0.258 e. The van der Waals surface area contributed by atoms with Gasteiger partial charge in [0.1, 0.15) is 0 Å². The summed E-state index contributed by atoms with van der Waals surface area (Å²) in [6.45, 7) is 5.16. The molecule has 0 atom stereocenters. The molecular formula is C16H19N5O. The molecule has 6 heteroatoms. The first kappa shape index (κ1) is 14.3. The van der Waals surface area contributed by atoms with E-state index in [1.54, 1.807) is 22.2 Å². The predicted octanol–water partition coefficient (Wildman–Crippen LogP) is 2.07. The van der Waals surface area contributed by atoms with Gasteiger partial charge < -0.3 is 5.32 Å². The molecule has 0 bridgehead atoms. The van der Waals surface area contributed by atoms with Crippen molar-refractivity contribution in [3.05, 3.63) is 58.0 Å². The summed E-state index contributed by atoms with van der Waals surface area (Å²) in [6.07, 6.45) is 2.72. The van der Waals surface area contributed by atoms with Crippen LogP contribution >= 0.6 is 0 Å². The van der Waals surface area contributed by atoms with Crippen molar-refractivity contribution in [2.24, 2.45) is 0 Å². The highest BCUT2D eigenvalue weighted by Gasteiger charge is 2.12. The van der Waals surface area contributed by atoms with Gasteiger partial charge in [0.25, 0.3) is 5.56 Å². The highest BCUT2D eigenvalue weighted by atomic mass is 16.1. The van der Waals surface area contributed by atoms with E-state index in [1.807, 2.05) is 30.3 Å². The van der Waals surface area contributed by atoms with Gasteiger partial charge in [-0.15, -0.1) is 5.10 Å². The van der Waals surface area contributed by atoms with Gasteiger partial charge in [0.15, 0.2) is 0 Å². The largest absolute Gasteiger partial charge is 0.353 e. The Labute approximate surface area is 128 Å². The number of hydrogen-bond donors (Lipinski definition) is 1. The lowest BCUT2D eigenvalue weighted by Gasteiger charge is -2.08. The van der Waals surface area contributed by atoms with Crippen LogP contribution in [0.15, 0.2) is 41.3 Å². The summed E-state index contributed by atoms with van der Waals surface area (Å²) >= 11 is 0. The molecule has 0 unspecified atom stereocenters. The van der Waals surface area contributed by atoms with E-state index in [1.165, 1.54) is 0 Å². The van der Waals surface area contributed by atoms with Crippen molar-refractivity contribution in [3.63, 3.8) is 0 Å². The molecule has 2 heterocycles. The van der Waals surface area contributed by atoms with Gasteiger partial charge in [-0.05, 0) is 18.9 Å². The molecular weight excluding hydrogens is 278 g/mol. The first-order valence-electron chi connectivity index (χ1n) is 7.43. The minimum absolute atomic E-state index is 0.0363. The van der Waals surface area contributed by atoms with E-state index in [9.17, 15) is 4.79 Å². The Morgan fingerprint density at radius 3 is 2.73 bits per heavy atom. The van der Waals surface area contributed by atoms with E-state index in [4.69, 9.17) is 0 Å². The predicted molar refractivity (Wildman–Crippen MR) is 86.3 cm³/mol. The Morgan fingerprint density at radius 2 is 2.00 bits per heavy atom. The van der Waals surface area contributed by atoms with Gasteiger partial charge in [-0.1, -0.05) is 37.3 Å². The van der Waals surface area contributed by atoms with Crippen molar-refractivity contribution < 1.29 is 0 Å². The first-order valence-corrected chi connectivity index (χ1v) is 7.43. The number of fused-ring (bicyclic) bond motifs is 1. The molecule has 114 valence electrons. The zero-order valence-electron chi connectivity index (χ0n) is 12.8. The first-order chi connectivity index (χ1) is 10.7. The number of aromatic nitrogens is 4. The Hall–Kier alpha value is -2.63. The standard InChI is InChI=1S/C16H19N5O/c1-3-9-17-15-18-16-20(11-13-7-5-4-6-8-13)14(22)12(2)10-21(16)19-15/h4-8,10H,3,9,11H2,1-2H3,(H,17,19). The van der Waals surface area contributed by atoms with Crippen LogP contribution in [0, 0.1) is 6.92 Å². The lowest BCUT2D eigenvalue weighted by atomic mass is 10.2. The van der Waals surface area contributed by atoms with Crippen LogP contribution in [0.1, 0.15) is 24.5 Å². The molecule has 1 aromatic carbocycles. The second-order valence-electron chi connectivity index (χ2n) is 5.30. The van der Waals surface area contributed by atoms with Crippen LogP contribution in [-0.2, 0) is 6.54 Å². The van der Waals surface area contributed by atoms with Crippen LogP contribution in [0.4, 0.5) is 5.95 Å². The zero-order chi connectivity index (χ0) is 15.5. The molecule has 0 aliphatic carbocycles. The van der Waals surface area contributed by atoms with Crippen LogP contribution < -0.4 is 10.9 Å². The van der Waals surface area contributed by atoms with Crippen molar-refractivity contribution in [1.82, 2.24) is 19.2 Å². The molecule has 0 amide bonds. The van der Waals surface area contributed by atoms with Gasteiger partial charge >= 0.3 is 0 Å². The minimum atomic E-state index is -0.0363. The summed E-state index contributed by atoms with van der Waals surface area (Å²) in [5.41, 5.74) is 1.67. The highest BCUT2D eigenvalue weighted by Crippen LogP contribution is 2.08. The van der Waals surface area contributed by atoms with E-state index in [2.05, 4.69) is 22.3 Å². The lowest BCUT2D eigenvalue weighted by Crippen LogP contribution is -2.25. The van der Waals surface area contributed by atoms with Gasteiger partial charge in [0.2, 0.25) is 11.7 Å². The summed E-state index contributed by atoms with van der Waals surface area (Å²) < 4.78 is 3.33. The van der Waals surface area contributed by atoms with Crippen LogP contribution in [0.2, 0.25) is 0 Å². The van der Waals surface area contributed by atoms with E-state index in [0.29, 0.717) is 23.8 Å². The molecule has 0 radical (unpaired) electrons. The summed E-state index contributed by atoms with van der Waals surface area (Å²) in [5.74, 6) is 1.10. The number of nitrogens with zero attached hydrogens (tertiary/aromatic N) is 4. The number of anilines is 1. The average molecular weight is 297 g/mol. The number of aryl methyl sites for hydroxylation is 1. The molecule has 0 aliphatic rings. The van der Waals surface area contributed by atoms with Gasteiger partial charge in [0.05, 0.1) is 6.54 Å². The second kappa shape index (κ2) is 6.01. The van der Waals surface area contributed by atoms with Gasteiger partial charge in [-0.2, -0.15) is 4.98 Å². The maximum absolute atomic E-state index is 12.5. The number of nitrogens with one attached hydrogen (secondary N) is 1. The lowest BCUT2D eigenvalue weighted by molar-refractivity contribution is 0.733. The average Bonchev–Trinajstić information content (AvgIpc) is 2.93. The van der Waals surface area contributed by atoms with Crippen LogP contribution in [0.5, 0.6) is 0 Å². The minimum Gasteiger partial charge on any atom is -0.353 e. The molecule has 6 nitrogen and oxygen atoms in total. The fourth-order valence-electron chi connectivity index (χ4n) is 2.35. The normalized spacial score (nSPS) is 11.0. The summed E-state index contributed by atoms with van der Waals surface area (Å²) in [6, 6.07) is 9.88. The van der Waals surface area contributed by atoms with Crippen LogP contribution in [-0.4, -0.2) is 25.7 Å². The summed E-state index contributed by atoms with van der Waals surface area (Å²) in [7, 11) is 0. The van der Waals surface area contributed by atoms with Crippen molar-refractivity contribution >= 4 is 11.7 Å². The molecule has 0 fully saturated rings. The molecule has 2 aromatic heterocycles. The molecule has 22 heavy (non-hydrogen) atoms. The van der Waals surface area contributed by atoms with Crippen molar-refractivity contribution in [2.75, 3.05) is 11.9 Å². The summed E-state index contributed by atoms with van der Waals surface area (Å²) in [4.78, 5) is 16.9. The maximum atomic E-state index is 12.5. The number of benzene rings is 1. The van der Waals surface area contributed by atoms with E-state index in [-0.39, 0.29) is 5.56 Å². The van der Waals surface area contributed by atoms with E-state index >= 15 is 0 Å². The molecule has 3 aromatic rings. The monoisotopic (exact) mass is 297 g/mol. The summed E-state index contributed by atoms with van der Waals surface area (Å²) in [5, 5.41) is 7.54. The van der Waals surface area contributed by atoms with Crippen molar-refractivity contribution in [1.29, 1.82) is 0 Å². The SMILES string of the molecule is CCCNc1nc2n(Cc3ccccc3)c(=O)c(C)cn2n1. The quantitative estimate of drug-likeness (QED) is 0.783. The highest BCUT2D eigenvalue weighted by molar-refractivity contribution is 5.39. The Kier molecular flexibility index (Phi) is 3.91. The topological polar surface area (TPSA) is 64.2 Å². The Balaban J connectivity index is 2.08. The number of rotatable bonds is 5. The smallest absolute Gasteiger partial charge is 0.258 e. The molecule has 0 saturated heterocycles. The third-order valence-corrected chi connectivity index (χ3v) is 3.47. The van der Waals surface area contributed by atoms with Crippen molar-refractivity contribution in [2.45, 2.75) is 26.8 Å². The van der Waals surface area contributed by atoms with Crippen LogP contribution in [0.3, 0.4) is 0 Å². The molecule has 0 spiro atoms. The Morgan fingerprint density at radius 1 is 1.23 bits per heavy atom. The van der Waals surface area contributed by atoms with Crippen molar-refractivity contribution in [3.8, 4) is 0 Å². The van der Waals surface area contributed by atoms with Gasteiger partial charge in [-0.3, -0.25) is 9.36 Å². The molecule has 0 saturated carbocycles. The van der Waals surface area contributed by atoms with Crippen LogP contribution in [0.25, 0.3) is 5.78 Å². The molecule has 1 N–H and O–H groups in total. The zero-order valence-corrected chi connectivity index (χ0v) is 12.8. The number of hydrogen-bond acceptors (Lipinski definition) is 4. The second-order valence-corrected chi connectivity index (χ2v) is 5.30. The Bertz CT molecular complexity index is 835. The fourth-order valence-corrected chi connectivity index (χ4v) is 2.35. The third kappa shape index (κ3) is 2.72. The van der Waals surface area contributed by atoms with Gasteiger partial charge in [-0.25, -0.2) is 4.52 Å². The molecule has 0 aliphatic heterocycles. The van der Waals surface area contributed by atoms with Gasteiger partial charge in [0, 0.05) is 18.3 Å². The third-order valence-electron chi connectivity index (χ3n) is 3.47.